The molecule has 1 heterocycles. The molecule has 1 aromatic heterocycles. The number of fused-ring (bicyclic) bond motifs is 3. The molecule has 12 nitrogen and oxygen atoms in total. The predicted octanol–water partition coefficient (Wildman–Crippen LogP) is 4.89. The van der Waals surface area contributed by atoms with Crippen molar-refractivity contribution in [3.05, 3.63) is 56.7 Å². The van der Waals surface area contributed by atoms with Gasteiger partial charge in [-0.2, -0.15) is 0 Å². The number of carbonyl (C=O) groups is 3. The summed E-state index contributed by atoms with van der Waals surface area (Å²) in [5.74, 6) is 0.197. The number of thiazole rings is 1. The molecule has 0 bridgehead atoms. The highest BCUT2D eigenvalue weighted by Gasteiger charge is 2.30. The number of esters is 1. The Morgan fingerprint density at radius 3 is 2.45 bits per heavy atom. The van der Waals surface area contributed by atoms with Gasteiger partial charge in [0, 0.05) is 17.9 Å². The highest BCUT2D eigenvalue weighted by atomic mass is 32.1. The monoisotopic (exact) mass is 666 g/mol. The number of anilines is 2. The van der Waals surface area contributed by atoms with Gasteiger partial charge in [0.25, 0.3) is 0 Å². The van der Waals surface area contributed by atoms with Crippen LogP contribution in [-0.2, 0) is 32.0 Å². The lowest BCUT2D eigenvalue weighted by atomic mass is 9.95. The third-order valence-electron chi connectivity index (χ3n) is 8.14. The van der Waals surface area contributed by atoms with Gasteiger partial charge in [-0.3, -0.25) is 19.2 Å². The molecule has 1 aliphatic carbocycles. The lowest BCUT2D eigenvalue weighted by Gasteiger charge is -2.23. The highest BCUT2D eigenvalue weighted by Crippen LogP contribution is 2.50. The van der Waals surface area contributed by atoms with E-state index in [9.17, 15) is 19.2 Å². The first-order valence-corrected chi connectivity index (χ1v) is 16.4. The first kappa shape index (κ1) is 35.2. The van der Waals surface area contributed by atoms with Gasteiger partial charge in [0.15, 0.2) is 16.6 Å². The van der Waals surface area contributed by atoms with Crippen LogP contribution >= 0.6 is 11.3 Å². The molecular weight excluding hydrogens is 624 g/mol. The van der Waals surface area contributed by atoms with E-state index in [0.29, 0.717) is 58.5 Å². The summed E-state index contributed by atoms with van der Waals surface area (Å²) < 4.78 is 22.1. The molecule has 3 N–H and O–H groups in total. The lowest BCUT2D eigenvalue weighted by Crippen LogP contribution is -2.40. The zero-order valence-electron chi connectivity index (χ0n) is 27.8. The van der Waals surface area contributed by atoms with Gasteiger partial charge in [0.05, 0.1) is 51.8 Å². The molecule has 252 valence electrons. The number of benzene rings is 1. The fourth-order valence-corrected chi connectivity index (χ4v) is 6.40. The van der Waals surface area contributed by atoms with Crippen molar-refractivity contribution in [2.45, 2.75) is 65.5 Å². The van der Waals surface area contributed by atoms with Crippen LogP contribution in [0.25, 0.3) is 11.1 Å². The molecule has 0 unspecified atom stereocenters. The Balaban J connectivity index is 1.76. The number of hydrogen-bond acceptors (Lipinski definition) is 11. The van der Waals surface area contributed by atoms with Crippen LogP contribution in [0.5, 0.6) is 17.2 Å². The van der Waals surface area contributed by atoms with Gasteiger partial charge in [-0.15, -0.1) is 11.3 Å². The van der Waals surface area contributed by atoms with Gasteiger partial charge in [-0.25, -0.2) is 4.98 Å². The predicted molar refractivity (Wildman–Crippen MR) is 181 cm³/mol. The topological polar surface area (TPSA) is 154 Å². The average Bonchev–Trinajstić information content (AvgIpc) is 3.34. The molecule has 4 rings (SSSR count). The van der Waals surface area contributed by atoms with Crippen LogP contribution in [0.3, 0.4) is 0 Å². The molecule has 0 fully saturated rings. The Labute approximate surface area is 278 Å². The minimum absolute atomic E-state index is 0.00399. The number of methoxy groups -OCH3 is 3. The summed E-state index contributed by atoms with van der Waals surface area (Å²) in [5, 5.41) is 11.1. The second-order valence-corrected chi connectivity index (χ2v) is 12.1. The summed E-state index contributed by atoms with van der Waals surface area (Å²) in [6.45, 7) is 7.32. The summed E-state index contributed by atoms with van der Waals surface area (Å²) in [6.07, 6.45) is 1.75. The molecule has 0 radical (unpaired) electrons. The third kappa shape index (κ3) is 8.02. The standard InChI is InChI=1S/C34H42N4O8S/c1-8-18(3)30(33(42)38-34-36-21(17-47-34)15-28(41)46-9-2)37-25-13-11-22-23(16-26(25)40)24(35-19(4)39)12-10-20-14-27(43-5)31(44-6)32(45-7)29(20)22/h11,13-14,16-18,24,30H,8-10,12,15H2,1-7H3,(H,35,39)(H,37,40)(H,36,38,42)/t18-,24+,30+/m1/s1. The van der Waals surface area contributed by atoms with Gasteiger partial charge >= 0.3 is 5.97 Å². The SMILES string of the molecule is CCOC(=O)Cc1csc(NC(=O)[C@@H](Nc2ccc3c(cc2=O)[C@@H](NC(C)=O)CCc2cc(OC)c(OC)c(OC)c2-3)[C@H](C)CC)n1. The molecule has 3 aromatic rings. The molecule has 0 spiro atoms. The quantitative estimate of drug-likeness (QED) is 0.215. The van der Waals surface area contributed by atoms with Crippen molar-refractivity contribution in [3.8, 4) is 28.4 Å². The second kappa shape index (κ2) is 15.8. The molecule has 0 saturated heterocycles. The van der Waals surface area contributed by atoms with Crippen LogP contribution in [0, 0.1) is 5.92 Å². The van der Waals surface area contributed by atoms with Gasteiger partial charge in [0.2, 0.25) is 23.0 Å². The fraction of sp³-hybridized carbons (Fsp3) is 0.441. The number of aryl methyl sites for hydroxylation is 1. The summed E-state index contributed by atoms with van der Waals surface area (Å²) in [7, 11) is 4.62. The molecule has 1 aliphatic rings. The maximum absolute atomic E-state index is 13.9. The molecule has 2 amide bonds. The maximum atomic E-state index is 13.9. The number of ether oxygens (including phenoxy) is 4. The van der Waals surface area contributed by atoms with E-state index in [1.165, 1.54) is 31.4 Å². The van der Waals surface area contributed by atoms with E-state index in [-0.39, 0.29) is 41.9 Å². The lowest BCUT2D eigenvalue weighted by molar-refractivity contribution is -0.142. The van der Waals surface area contributed by atoms with Gasteiger partial charge in [0.1, 0.15) is 6.04 Å². The summed E-state index contributed by atoms with van der Waals surface area (Å²) in [5.41, 5.74) is 3.29. The van der Waals surface area contributed by atoms with Crippen molar-refractivity contribution in [2.24, 2.45) is 5.92 Å². The van der Waals surface area contributed by atoms with E-state index in [1.54, 1.807) is 38.7 Å². The number of carbonyl (C=O) groups excluding carboxylic acids is 3. The molecule has 3 atom stereocenters. The van der Waals surface area contributed by atoms with Crippen molar-refractivity contribution in [1.29, 1.82) is 0 Å². The Morgan fingerprint density at radius 2 is 1.81 bits per heavy atom. The number of rotatable bonds is 13. The molecule has 47 heavy (non-hydrogen) atoms. The molecular formula is C34H42N4O8S. The number of nitrogens with zero attached hydrogens (tertiary/aromatic N) is 1. The zero-order chi connectivity index (χ0) is 34.2. The van der Waals surface area contributed by atoms with Crippen molar-refractivity contribution in [3.63, 3.8) is 0 Å². The van der Waals surface area contributed by atoms with Crippen molar-refractivity contribution in [1.82, 2.24) is 10.3 Å². The van der Waals surface area contributed by atoms with Gasteiger partial charge in [-0.1, -0.05) is 26.3 Å². The molecule has 2 aromatic carbocycles. The molecule has 13 heteroatoms. The van der Waals surface area contributed by atoms with E-state index in [4.69, 9.17) is 18.9 Å². The number of aromatic nitrogens is 1. The van der Waals surface area contributed by atoms with Crippen LogP contribution in [0.1, 0.15) is 63.4 Å². The van der Waals surface area contributed by atoms with Crippen LogP contribution in [0.4, 0.5) is 10.8 Å². The Bertz CT molecular complexity index is 1690. The first-order valence-electron chi connectivity index (χ1n) is 15.5. The molecule has 0 saturated carbocycles. The van der Waals surface area contributed by atoms with E-state index in [2.05, 4.69) is 20.9 Å². The Morgan fingerprint density at radius 1 is 1.06 bits per heavy atom. The molecule has 0 aliphatic heterocycles. The Kier molecular flexibility index (Phi) is 11.8. The van der Waals surface area contributed by atoms with Crippen LogP contribution in [-0.4, -0.2) is 56.7 Å². The highest BCUT2D eigenvalue weighted by molar-refractivity contribution is 7.14. The number of amides is 2. The van der Waals surface area contributed by atoms with Crippen molar-refractivity contribution < 1.29 is 33.3 Å². The maximum Gasteiger partial charge on any atom is 0.311 e. The largest absolute Gasteiger partial charge is 0.493 e. The van der Waals surface area contributed by atoms with Crippen LogP contribution < -0.4 is 35.6 Å². The number of nitrogens with one attached hydrogen (secondary N) is 3. The van der Waals surface area contributed by atoms with Crippen LogP contribution in [0.2, 0.25) is 0 Å². The van der Waals surface area contributed by atoms with E-state index >= 15 is 0 Å². The second-order valence-electron chi connectivity index (χ2n) is 11.2. The average molecular weight is 667 g/mol. The zero-order valence-corrected chi connectivity index (χ0v) is 28.6. The van der Waals surface area contributed by atoms with Gasteiger partial charge < -0.3 is 34.9 Å². The summed E-state index contributed by atoms with van der Waals surface area (Å²) >= 11 is 1.20. The smallest absolute Gasteiger partial charge is 0.311 e. The van der Waals surface area contributed by atoms with Crippen LogP contribution in [0.15, 0.2) is 34.4 Å². The first-order chi connectivity index (χ1) is 22.5. The Hall–Kier alpha value is -4.65. The van der Waals surface area contributed by atoms with Gasteiger partial charge in [-0.05, 0) is 60.6 Å². The van der Waals surface area contributed by atoms with Crippen molar-refractivity contribution >= 4 is 39.9 Å². The fourth-order valence-electron chi connectivity index (χ4n) is 5.69. The minimum Gasteiger partial charge on any atom is -0.493 e. The number of hydrogen-bond donors (Lipinski definition) is 3. The van der Waals surface area contributed by atoms with Crippen molar-refractivity contribution in [2.75, 3.05) is 38.6 Å². The summed E-state index contributed by atoms with van der Waals surface area (Å²) in [6, 6.07) is 5.61. The minimum atomic E-state index is -0.787. The van der Waals surface area contributed by atoms with E-state index < -0.39 is 18.1 Å². The van der Waals surface area contributed by atoms with E-state index in [1.807, 2.05) is 19.9 Å². The summed E-state index contributed by atoms with van der Waals surface area (Å²) in [4.78, 5) is 56.0. The normalized spacial score (nSPS) is 14.7. The third-order valence-corrected chi connectivity index (χ3v) is 8.94. The van der Waals surface area contributed by atoms with E-state index in [0.717, 1.165) is 11.1 Å².